The SMILES string of the molecule is O=C(O)CC([AsH2])c1ccccc1. The van der Waals surface area contributed by atoms with E-state index in [2.05, 4.69) is 0 Å². The Bertz CT molecular complexity index is 258. The van der Waals surface area contributed by atoms with Gasteiger partial charge in [-0.1, -0.05) is 0 Å². The van der Waals surface area contributed by atoms with Gasteiger partial charge in [-0.2, -0.15) is 0 Å². The van der Waals surface area contributed by atoms with E-state index in [4.69, 9.17) is 5.11 Å². The molecule has 0 radical (unpaired) electrons. The summed E-state index contributed by atoms with van der Waals surface area (Å²) < 4.78 is 0.163. The number of benzene rings is 1. The first-order chi connectivity index (χ1) is 5.70. The van der Waals surface area contributed by atoms with Gasteiger partial charge in [0.1, 0.15) is 0 Å². The number of rotatable bonds is 3. The molecule has 1 aromatic rings. The van der Waals surface area contributed by atoms with Crippen LogP contribution in [0.25, 0.3) is 0 Å². The molecule has 0 aliphatic rings. The van der Waals surface area contributed by atoms with Crippen LogP contribution in [0.5, 0.6) is 0 Å². The molecule has 0 bridgehead atoms. The van der Waals surface area contributed by atoms with Crippen molar-refractivity contribution in [1.82, 2.24) is 0 Å². The summed E-state index contributed by atoms with van der Waals surface area (Å²) in [6, 6.07) is 9.74. The molecule has 2 nitrogen and oxygen atoms in total. The van der Waals surface area contributed by atoms with E-state index < -0.39 is 5.97 Å². The predicted octanol–water partition coefficient (Wildman–Crippen LogP) is 0.836. The molecule has 0 saturated heterocycles. The van der Waals surface area contributed by atoms with Crippen LogP contribution >= 0.6 is 0 Å². The van der Waals surface area contributed by atoms with Gasteiger partial charge in [-0.3, -0.25) is 0 Å². The Morgan fingerprint density at radius 1 is 1.42 bits per heavy atom. The van der Waals surface area contributed by atoms with Crippen molar-refractivity contribution in [3.63, 3.8) is 0 Å². The van der Waals surface area contributed by atoms with Crippen LogP contribution < -0.4 is 0 Å². The van der Waals surface area contributed by atoms with E-state index in [1.54, 1.807) is 0 Å². The second-order valence-electron chi connectivity index (χ2n) is 2.62. The molecule has 0 fully saturated rings. The Morgan fingerprint density at radius 2 is 2.00 bits per heavy atom. The fraction of sp³-hybridized carbons (Fsp3) is 0.222. The van der Waals surface area contributed by atoms with Crippen LogP contribution in [-0.2, 0) is 4.79 Å². The normalized spacial score (nSPS) is 12.4. The van der Waals surface area contributed by atoms with Gasteiger partial charge < -0.3 is 0 Å². The van der Waals surface area contributed by atoms with Gasteiger partial charge in [0.2, 0.25) is 0 Å². The van der Waals surface area contributed by atoms with Gasteiger partial charge in [-0.15, -0.1) is 0 Å². The molecule has 1 N–H and O–H groups in total. The summed E-state index contributed by atoms with van der Waals surface area (Å²) in [6.45, 7) is 0. The monoisotopic (exact) mass is 226 g/mol. The van der Waals surface area contributed by atoms with E-state index in [0.29, 0.717) is 0 Å². The van der Waals surface area contributed by atoms with Crippen molar-refractivity contribution in [3.8, 4) is 0 Å². The molecule has 0 aliphatic carbocycles. The molecule has 0 spiro atoms. The fourth-order valence-corrected chi connectivity index (χ4v) is 1.90. The number of carboxylic acid groups (broad SMARTS) is 1. The molecule has 3 heteroatoms. The van der Waals surface area contributed by atoms with E-state index in [9.17, 15) is 4.79 Å². The number of hydrogen-bond donors (Lipinski definition) is 1. The molecule has 2 unspecified atom stereocenters. The fourth-order valence-electron chi connectivity index (χ4n) is 1.01. The molecule has 1 aromatic carbocycles. The molecule has 64 valence electrons. The average molecular weight is 226 g/mol. The Morgan fingerprint density at radius 3 is 2.50 bits per heavy atom. The third kappa shape index (κ3) is 2.71. The minimum absolute atomic E-state index is 0.163. The van der Waals surface area contributed by atoms with E-state index in [1.165, 1.54) is 16.9 Å². The van der Waals surface area contributed by atoms with Gasteiger partial charge in [0, 0.05) is 0 Å². The van der Waals surface area contributed by atoms with Crippen LogP contribution in [0.1, 0.15) is 16.7 Å². The minimum atomic E-state index is -0.728. The van der Waals surface area contributed by atoms with Gasteiger partial charge in [-0.25, -0.2) is 0 Å². The first kappa shape index (κ1) is 9.34. The van der Waals surface area contributed by atoms with Gasteiger partial charge in [0.25, 0.3) is 0 Å². The topological polar surface area (TPSA) is 37.3 Å². The van der Waals surface area contributed by atoms with E-state index >= 15 is 0 Å². The second kappa shape index (κ2) is 4.32. The van der Waals surface area contributed by atoms with E-state index in [-0.39, 0.29) is 11.1 Å². The predicted molar refractivity (Wildman–Crippen MR) is 50.0 cm³/mol. The second-order valence-corrected chi connectivity index (χ2v) is 4.30. The molecule has 0 heterocycles. The van der Waals surface area contributed by atoms with Gasteiger partial charge in [0.05, 0.1) is 0 Å². The van der Waals surface area contributed by atoms with Crippen LogP contribution in [0.4, 0.5) is 0 Å². The number of carboxylic acids is 1. The Kier molecular flexibility index (Phi) is 3.36. The van der Waals surface area contributed by atoms with Crippen molar-refractivity contribution >= 4 is 22.8 Å². The van der Waals surface area contributed by atoms with Crippen molar-refractivity contribution in [2.24, 2.45) is 0 Å². The zero-order valence-electron chi connectivity index (χ0n) is 6.60. The van der Waals surface area contributed by atoms with Gasteiger partial charge >= 0.3 is 79.7 Å². The number of carbonyl (C=O) groups is 1. The third-order valence-corrected chi connectivity index (χ3v) is 2.92. The van der Waals surface area contributed by atoms with Gasteiger partial charge in [-0.05, 0) is 0 Å². The molecule has 0 aromatic heterocycles. The maximum atomic E-state index is 10.4. The Hall–Kier alpha value is -0.752. The number of aliphatic carboxylic acids is 1. The van der Waals surface area contributed by atoms with Gasteiger partial charge in [0.15, 0.2) is 0 Å². The van der Waals surface area contributed by atoms with Crippen molar-refractivity contribution in [1.29, 1.82) is 0 Å². The molecular formula is C9H11AsO2. The Balaban J connectivity index is 2.65. The summed E-state index contributed by atoms with van der Waals surface area (Å²) in [6.07, 6.45) is 0.226. The molecule has 0 aliphatic heterocycles. The zero-order chi connectivity index (χ0) is 8.97. The maximum absolute atomic E-state index is 10.4. The molecule has 12 heavy (non-hydrogen) atoms. The molecule has 0 amide bonds. The molecule has 0 saturated carbocycles. The number of hydrogen-bond acceptors (Lipinski definition) is 1. The summed E-state index contributed by atoms with van der Waals surface area (Å²) in [5, 5.41) is 8.56. The van der Waals surface area contributed by atoms with Crippen LogP contribution in [0, 0.1) is 0 Å². The van der Waals surface area contributed by atoms with Crippen LogP contribution in [0.3, 0.4) is 0 Å². The first-order valence-electron chi connectivity index (χ1n) is 3.72. The van der Waals surface area contributed by atoms with E-state index in [1.807, 2.05) is 30.3 Å². The summed E-state index contributed by atoms with van der Waals surface area (Å²) in [5.41, 5.74) is 1.11. The van der Waals surface area contributed by atoms with Crippen molar-refractivity contribution in [3.05, 3.63) is 35.9 Å². The van der Waals surface area contributed by atoms with E-state index in [0.717, 1.165) is 5.56 Å². The van der Waals surface area contributed by atoms with Crippen molar-refractivity contribution in [2.45, 2.75) is 11.1 Å². The standard InChI is InChI=1S/C9H11AsO2/c10-8(6-9(11)12)7-4-2-1-3-5-7/h1-5,8H,6,10H2,(H,11,12). The summed E-state index contributed by atoms with van der Waals surface area (Å²) in [5.74, 6) is -0.728. The summed E-state index contributed by atoms with van der Waals surface area (Å²) >= 11 is 1.46. The first-order valence-corrected chi connectivity index (χ1v) is 5.12. The molecule has 2 atom stereocenters. The average Bonchev–Trinajstić information content (AvgIpc) is 2.05. The molecular weight excluding hydrogens is 215 g/mol. The van der Waals surface area contributed by atoms with Crippen molar-refractivity contribution < 1.29 is 9.90 Å². The van der Waals surface area contributed by atoms with Crippen molar-refractivity contribution in [2.75, 3.05) is 0 Å². The summed E-state index contributed by atoms with van der Waals surface area (Å²) in [7, 11) is 0. The van der Waals surface area contributed by atoms with Crippen LogP contribution in [0.15, 0.2) is 30.3 Å². The Labute approximate surface area is 80.1 Å². The summed E-state index contributed by atoms with van der Waals surface area (Å²) in [4.78, 5) is 10.4. The quantitative estimate of drug-likeness (QED) is 0.775. The third-order valence-electron chi connectivity index (χ3n) is 1.62. The molecule has 1 rings (SSSR count). The van der Waals surface area contributed by atoms with Crippen LogP contribution in [0.2, 0.25) is 0 Å². The zero-order valence-corrected chi connectivity index (χ0v) is 9.03. The van der Waals surface area contributed by atoms with Crippen LogP contribution in [-0.4, -0.2) is 27.9 Å².